The van der Waals surface area contributed by atoms with Gasteiger partial charge in [0.25, 0.3) is 0 Å². The summed E-state index contributed by atoms with van der Waals surface area (Å²) in [4.78, 5) is 31.1. The Morgan fingerprint density at radius 1 is 1.29 bits per heavy atom. The Kier molecular flexibility index (Phi) is 8.11. The minimum atomic E-state index is -0.220. The number of aryl methyl sites for hydroxylation is 2. The lowest BCUT2D eigenvalue weighted by Gasteiger charge is -2.37. The van der Waals surface area contributed by atoms with Gasteiger partial charge >= 0.3 is 6.03 Å². The molecular formula is C26H35N3O4S. The van der Waals surface area contributed by atoms with Crippen molar-refractivity contribution in [2.75, 3.05) is 39.4 Å². The van der Waals surface area contributed by atoms with E-state index in [1.165, 1.54) is 10.4 Å². The second-order valence-electron chi connectivity index (χ2n) is 9.08. The summed E-state index contributed by atoms with van der Waals surface area (Å²) in [6.45, 7) is 8.68. The van der Waals surface area contributed by atoms with Gasteiger partial charge in [-0.15, -0.1) is 11.3 Å². The van der Waals surface area contributed by atoms with Crippen molar-refractivity contribution in [2.45, 2.75) is 52.2 Å². The van der Waals surface area contributed by atoms with Crippen molar-refractivity contribution in [1.29, 1.82) is 0 Å². The Balaban J connectivity index is 1.49. The molecule has 7 nitrogen and oxygen atoms in total. The van der Waals surface area contributed by atoms with Gasteiger partial charge in [0.15, 0.2) is 0 Å². The fraction of sp³-hybridized carbons (Fsp3) is 0.538. The van der Waals surface area contributed by atoms with Gasteiger partial charge in [-0.1, -0.05) is 17.7 Å². The second kappa shape index (κ2) is 11.2. The number of carbonyl (C=O) groups excluding carboxylic acids is 2. The molecule has 1 saturated heterocycles. The first-order valence-corrected chi connectivity index (χ1v) is 13.0. The molecular weight excluding hydrogens is 450 g/mol. The van der Waals surface area contributed by atoms with Crippen LogP contribution >= 0.6 is 11.3 Å². The van der Waals surface area contributed by atoms with Gasteiger partial charge in [0.2, 0.25) is 5.91 Å². The minimum absolute atomic E-state index is 0.0103. The summed E-state index contributed by atoms with van der Waals surface area (Å²) >= 11 is 1.73. The Morgan fingerprint density at radius 2 is 2.15 bits per heavy atom. The topological polar surface area (TPSA) is 71.1 Å². The number of hydrogen-bond acceptors (Lipinski definition) is 5. The first kappa shape index (κ1) is 24.5. The van der Waals surface area contributed by atoms with Crippen molar-refractivity contribution < 1.29 is 19.1 Å². The maximum Gasteiger partial charge on any atom is 0.317 e. The summed E-state index contributed by atoms with van der Waals surface area (Å²) in [6, 6.07) is 7.84. The zero-order chi connectivity index (χ0) is 24.1. The predicted molar refractivity (Wildman–Crippen MR) is 134 cm³/mol. The molecule has 0 bridgehead atoms. The standard InChI is InChI=1S/C26H35N3O4S/c1-4-27-26(31)28(15-20-6-5-12-32-20)16-25(30)29-11-9-24-21(10-13-34-24)22(29)17-33-23-8-7-18(2)14-19(23)3/h7-8,10,13-14,20,22H,4-6,9,11-12,15-17H2,1-3H3,(H,27,31)/t20-,22+/m0/s1. The molecule has 2 aliphatic heterocycles. The Bertz CT molecular complexity index is 1000. The number of thiophene rings is 1. The molecule has 34 heavy (non-hydrogen) atoms. The van der Waals surface area contributed by atoms with Crippen LogP contribution in [0.3, 0.4) is 0 Å². The van der Waals surface area contributed by atoms with Gasteiger partial charge < -0.3 is 24.6 Å². The molecule has 1 aromatic heterocycles. The minimum Gasteiger partial charge on any atom is -0.491 e. The second-order valence-corrected chi connectivity index (χ2v) is 10.1. The third-order valence-corrected chi connectivity index (χ3v) is 7.53. The van der Waals surface area contributed by atoms with E-state index >= 15 is 0 Å². The van der Waals surface area contributed by atoms with E-state index in [2.05, 4.69) is 29.8 Å². The molecule has 0 aliphatic carbocycles. The molecule has 0 radical (unpaired) electrons. The highest BCUT2D eigenvalue weighted by atomic mass is 32.1. The van der Waals surface area contributed by atoms with Crippen LogP contribution in [0.15, 0.2) is 29.6 Å². The molecule has 2 aromatic rings. The van der Waals surface area contributed by atoms with Gasteiger partial charge in [-0.25, -0.2) is 4.79 Å². The molecule has 8 heteroatoms. The highest BCUT2D eigenvalue weighted by Gasteiger charge is 2.34. The zero-order valence-electron chi connectivity index (χ0n) is 20.3. The van der Waals surface area contributed by atoms with E-state index in [-0.39, 0.29) is 30.6 Å². The van der Waals surface area contributed by atoms with Crippen molar-refractivity contribution in [3.8, 4) is 5.75 Å². The highest BCUT2D eigenvalue weighted by molar-refractivity contribution is 7.10. The third-order valence-electron chi connectivity index (χ3n) is 6.53. The van der Waals surface area contributed by atoms with Gasteiger partial charge in [-0.05, 0) is 68.7 Å². The van der Waals surface area contributed by atoms with E-state index < -0.39 is 0 Å². The first-order valence-electron chi connectivity index (χ1n) is 12.2. The average molecular weight is 486 g/mol. The summed E-state index contributed by atoms with van der Waals surface area (Å²) in [7, 11) is 0. The predicted octanol–water partition coefficient (Wildman–Crippen LogP) is 4.08. The van der Waals surface area contributed by atoms with Crippen LogP contribution in [0.5, 0.6) is 5.75 Å². The van der Waals surface area contributed by atoms with E-state index in [0.29, 0.717) is 32.8 Å². The maximum absolute atomic E-state index is 13.6. The van der Waals surface area contributed by atoms with Crippen LogP contribution in [-0.4, -0.2) is 67.2 Å². The van der Waals surface area contributed by atoms with Crippen molar-refractivity contribution in [1.82, 2.24) is 15.1 Å². The van der Waals surface area contributed by atoms with Crippen molar-refractivity contribution >= 4 is 23.3 Å². The maximum atomic E-state index is 13.6. The number of nitrogens with one attached hydrogen (secondary N) is 1. The smallest absolute Gasteiger partial charge is 0.317 e. The van der Waals surface area contributed by atoms with Gasteiger partial charge in [-0.3, -0.25) is 4.79 Å². The quantitative estimate of drug-likeness (QED) is 0.612. The highest BCUT2D eigenvalue weighted by Crippen LogP contribution is 2.34. The number of carbonyl (C=O) groups is 2. The zero-order valence-corrected chi connectivity index (χ0v) is 21.2. The Morgan fingerprint density at radius 3 is 2.88 bits per heavy atom. The van der Waals surface area contributed by atoms with Crippen LogP contribution in [0.25, 0.3) is 0 Å². The SMILES string of the molecule is CCNC(=O)N(CC(=O)N1CCc2sccc2[C@H]1COc1ccc(C)cc1C)C[C@@H]1CCCO1. The van der Waals surface area contributed by atoms with Crippen molar-refractivity contribution in [3.63, 3.8) is 0 Å². The lowest BCUT2D eigenvalue weighted by atomic mass is 10.00. The fourth-order valence-corrected chi connectivity index (χ4v) is 5.70. The molecule has 2 atom stereocenters. The molecule has 0 spiro atoms. The summed E-state index contributed by atoms with van der Waals surface area (Å²) in [5, 5.41) is 4.93. The van der Waals surface area contributed by atoms with Crippen LogP contribution in [0.1, 0.15) is 47.4 Å². The molecule has 1 aromatic carbocycles. The Labute approximate surface area is 206 Å². The molecule has 2 aliphatic rings. The fourth-order valence-electron chi connectivity index (χ4n) is 4.78. The number of fused-ring (bicyclic) bond motifs is 1. The van der Waals surface area contributed by atoms with Crippen molar-refractivity contribution in [2.24, 2.45) is 0 Å². The summed E-state index contributed by atoms with van der Waals surface area (Å²) < 4.78 is 12.0. The lowest BCUT2D eigenvalue weighted by Crippen LogP contribution is -2.51. The van der Waals surface area contributed by atoms with Crippen LogP contribution in [0, 0.1) is 13.8 Å². The third kappa shape index (κ3) is 5.73. The molecule has 0 saturated carbocycles. The monoisotopic (exact) mass is 485 g/mol. The van der Waals surface area contributed by atoms with Crippen LogP contribution < -0.4 is 10.1 Å². The van der Waals surface area contributed by atoms with E-state index in [1.807, 2.05) is 30.9 Å². The van der Waals surface area contributed by atoms with Crippen LogP contribution in [0.2, 0.25) is 0 Å². The number of hydrogen-bond donors (Lipinski definition) is 1. The molecule has 184 valence electrons. The summed E-state index contributed by atoms with van der Waals surface area (Å²) in [5.41, 5.74) is 3.42. The first-order chi connectivity index (χ1) is 16.5. The number of urea groups is 1. The van der Waals surface area contributed by atoms with Crippen LogP contribution in [-0.2, 0) is 16.0 Å². The number of rotatable bonds is 8. The Hall–Kier alpha value is -2.58. The average Bonchev–Trinajstić information content (AvgIpc) is 3.50. The number of amides is 3. The lowest BCUT2D eigenvalue weighted by molar-refractivity contribution is -0.135. The van der Waals surface area contributed by atoms with Crippen LogP contribution in [0.4, 0.5) is 4.79 Å². The van der Waals surface area contributed by atoms with E-state index in [0.717, 1.165) is 36.1 Å². The van der Waals surface area contributed by atoms with Gasteiger partial charge in [-0.2, -0.15) is 0 Å². The summed E-state index contributed by atoms with van der Waals surface area (Å²) in [6.07, 6.45) is 2.72. The van der Waals surface area contributed by atoms with Crippen molar-refractivity contribution in [3.05, 3.63) is 51.2 Å². The van der Waals surface area contributed by atoms with Gasteiger partial charge in [0.1, 0.15) is 18.9 Å². The molecule has 4 rings (SSSR count). The van der Waals surface area contributed by atoms with E-state index in [4.69, 9.17) is 9.47 Å². The van der Waals surface area contributed by atoms with E-state index in [9.17, 15) is 9.59 Å². The number of ether oxygens (including phenoxy) is 2. The normalized spacial score (nSPS) is 19.6. The molecule has 3 heterocycles. The largest absolute Gasteiger partial charge is 0.491 e. The van der Waals surface area contributed by atoms with Gasteiger partial charge in [0.05, 0.1) is 12.1 Å². The number of benzene rings is 1. The van der Waals surface area contributed by atoms with E-state index in [1.54, 1.807) is 16.2 Å². The molecule has 1 N–H and O–H groups in total. The number of nitrogens with zero attached hydrogens (tertiary/aromatic N) is 2. The molecule has 0 unspecified atom stereocenters. The molecule has 1 fully saturated rings. The molecule has 3 amide bonds. The summed E-state index contributed by atoms with van der Waals surface area (Å²) in [5.74, 6) is 0.776. The van der Waals surface area contributed by atoms with Gasteiger partial charge in [0, 0.05) is 31.1 Å².